The lowest BCUT2D eigenvalue weighted by atomic mass is 10.1. The average Bonchev–Trinajstić information content (AvgIpc) is 2.84. The Morgan fingerprint density at radius 2 is 2.04 bits per heavy atom. The van der Waals surface area contributed by atoms with Crippen LogP contribution in [0.15, 0.2) is 18.2 Å². The normalized spacial score (nSPS) is 18.0. The second kappa shape index (κ2) is 6.92. The Labute approximate surface area is 155 Å². The third-order valence-electron chi connectivity index (χ3n) is 4.13. The number of hydrogen-bond acceptors (Lipinski definition) is 3. The first-order chi connectivity index (χ1) is 11.4. The maximum atomic E-state index is 12.7. The van der Waals surface area contributed by atoms with Crippen LogP contribution in [0, 0.1) is 6.92 Å². The van der Waals surface area contributed by atoms with Gasteiger partial charge in [0, 0.05) is 13.6 Å². The molecule has 0 aliphatic carbocycles. The number of halogens is 3. The Morgan fingerprint density at radius 3 is 2.67 bits per heavy atom. The SMILES string of the molecule is Cc1c(Cl)c(C(=O)N2CCO[C@H](c3ccc(Cl)c(Cl)c3)C2)nn1C. The van der Waals surface area contributed by atoms with Gasteiger partial charge in [0.05, 0.1) is 33.9 Å². The Kier molecular flexibility index (Phi) is 5.06. The molecule has 0 spiro atoms. The fourth-order valence-electron chi connectivity index (χ4n) is 2.62. The summed E-state index contributed by atoms with van der Waals surface area (Å²) in [6, 6.07) is 5.34. The molecule has 24 heavy (non-hydrogen) atoms. The van der Waals surface area contributed by atoms with Gasteiger partial charge >= 0.3 is 0 Å². The summed E-state index contributed by atoms with van der Waals surface area (Å²) < 4.78 is 7.38. The Hall–Kier alpha value is -1.27. The predicted octanol–water partition coefficient (Wildman–Crippen LogP) is 3.90. The number of amides is 1. The minimum atomic E-state index is -0.263. The van der Waals surface area contributed by atoms with Gasteiger partial charge < -0.3 is 9.64 Å². The van der Waals surface area contributed by atoms with Crippen molar-refractivity contribution in [2.45, 2.75) is 13.0 Å². The van der Waals surface area contributed by atoms with Crippen LogP contribution in [0.4, 0.5) is 0 Å². The van der Waals surface area contributed by atoms with Crippen molar-refractivity contribution in [2.75, 3.05) is 19.7 Å². The van der Waals surface area contributed by atoms with Gasteiger partial charge in [0.1, 0.15) is 6.10 Å². The van der Waals surface area contributed by atoms with Crippen LogP contribution < -0.4 is 0 Å². The summed E-state index contributed by atoms with van der Waals surface area (Å²) in [7, 11) is 1.76. The molecule has 0 saturated carbocycles. The second-order valence-corrected chi connectivity index (χ2v) is 6.85. The molecular weight excluding hydrogens is 373 g/mol. The van der Waals surface area contributed by atoms with Gasteiger partial charge in [-0.3, -0.25) is 9.48 Å². The first-order valence-electron chi connectivity index (χ1n) is 7.43. The highest BCUT2D eigenvalue weighted by atomic mass is 35.5. The van der Waals surface area contributed by atoms with Crippen LogP contribution in [0.1, 0.15) is 27.8 Å². The highest BCUT2D eigenvalue weighted by Crippen LogP contribution is 2.30. The summed E-state index contributed by atoms with van der Waals surface area (Å²) in [6.07, 6.45) is -0.263. The van der Waals surface area contributed by atoms with Crippen molar-refractivity contribution in [2.24, 2.45) is 7.05 Å². The molecule has 1 aromatic carbocycles. The number of aryl methyl sites for hydroxylation is 1. The molecule has 1 atom stereocenters. The lowest BCUT2D eigenvalue weighted by Gasteiger charge is -2.33. The van der Waals surface area contributed by atoms with Crippen molar-refractivity contribution in [3.05, 3.63) is 50.2 Å². The van der Waals surface area contributed by atoms with Crippen molar-refractivity contribution >= 4 is 40.7 Å². The van der Waals surface area contributed by atoms with Crippen LogP contribution in [0.5, 0.6) is 0 Å². The highest BCUT2D eigenvalue weighted by Gasteiger charge is 2.29. The Bertz CT molecular complexity index is 791. The zero-order valence-electron chi connectivity index (χ0n) is 13.2. The third kappa shape index (κ3) is 3.26. The van der Waals surface area contributed by atoms with E-state index in [-0.39, 0.29) is 17.7 Å². The summed E-state index contributed by atoms with van der Waals surface area (Å²) in [5, 5.41) is 5.56. The van der Waals surface area contributed by atoms with Gasteiger partial charge in [-0.15, -0.1) is 0 Å². The second-order valence-electron chi connectivity index (χ2n) is 5.66. The molecule has 1 aliphatic rings. The molecule has 1 amide bonds. The molecule has 2 heterocycles. The summed E-state index contributed by atoms with van der Waals surface area (Å²) in [6.45, 7) is 3.15. The average molecular weight is 389 g/mol. The monoisotopic (exact) mass is 387 g/mol. The van der Waals surface area contributed by atoms with E-state index in [1.165, 1.54) is 0 Å². The van der Waals surface area contributed by atoms with Crippen molar-refractivity contribution in [1.29, 1.82) is 0 Å². The molecule has 0 N–H and O–H groups in total. The Balaban J connectivity index is 1.81. The van der Waals surface area contributed by atoms with Gasteiger partial charge in [-0.1, -0.05) is 40.9 Å². The number of ether oxygens (including phenoxy) is 1. The van der Waals surface area contributed by atoms with E-state index in [9.17, 15) is 4.79 Å². The summed E-state index contributed by atoms with van der Waals surface area (Å²) >= 11 is 18.2. The summed E-state index contributed by atoms with van der Waals surface area (Å²) in [4.78, 5) is 14.4. The number of hydrogen-bond donors (Lipinski definition) is 0. The maximum absolute atomic E-state index is 12.7. The third-order valence-corrected chi connectivity index (χ3v) is 5.32. The molecular formula is C16H16Cl3N3O2. The van der Waals surface area contributed by atoms with Crippen LogP contribution in [0.3, 0.4) is 0 Å². The molecule has 8 heteroatoms. The molecule has 5 nitrogen and oxygen atoms in total. The van der Waals surface area contributed by atoms with Crippen LogP contribution in [-0.4, -0.2) is 40.3 Å². The molecule has 1 aliphatic heterocycles. The molecule has 1 aromatic heterocycles. The number of benzene rings is 1. The minimum absolute atomic E-state index is 0.197. The molecule has 2 aromatic rings. The topological polar surface area (TPSA) is 47.4 Å². The van der Waals surface area contributed by atoms with Gasteiger partial charge in [0.2, 0.25) is 0 Å². The largest absolute Gasteiger partial charge is 0.370 e. The maximum Gasteiger partial charge on any atom is 0.276 e. The van der Waals surface area contributed by atoms with E-state index in [0.717, 1.165) is 11.3 Å². The van der Waals surface area contributed by atoms with Gasteiger partial charge in [0.15, 0.2) is 5.69 Å². The van der Waals surface area contributed by atoms with Crippen molar-refractivity contribution in [3.8, 4) is 0 Å². The first kappa shape index (κ1) is 17.5. The van der Waals surface area contributed by atoms with Gasteiger partial charge in [0.25, 0.3) is 5.91 Å². The van der Waals surface area contributed by atoms with Crippen molar-refractivity contribution in [3.63, 3.8) is 0 Å². The summed E-state index contributed by atoms with van der Waals surface area (Å²) in [5.41, 5.74) is 1.91. The zero-order chi connectivity index (χ0) is 17.4. The van der Waals surface area contributed by atoms with E-state index in [1.54, 1.807) is 28.8 Å². The Morgan fingerprint density at radius 1 is 1.29 bits per heavy atom. The quantitative estimate of drug-likeness (QED) is 0.784. The summed E-state index contributed by atoms with van der Waals surface area (Å²) in [5.74, 6) is -0.197. The fourth-order valence-corrected chi connectivity index (χ4v) is 3.16. The van der Waals surface area contributed by atoms with E-state index in [1.807, 2.05) is 13.0 Å². The van der Waals surface area contributed by atoms with E-state index in [4.69, 9.17) is 39.5 Å². The molecule has 0 bridgehead atoms. The number of rotatable bonds is 2. The van der Waals surface area contributed by atoms with E-state index in [2.05, 4.69) is 5.10 Å². The van der Waals surface area contributed by atoms with Crippen LogP contribution in [-0.2, 0) is 11.8 Å². The number of carbonyl (C=O) groups is 1. The molecule has 1 saturated heterocycles. The number of carbonyl (C=O) groups excluding carboxylic acids is 1. The molecule has 3 rings (SSSR count). The lowest BCUT2D eigenvalue weighted by Crippen LogP contribution is -2.42. The van der Waals surface area contributed by atoms with E-state index >= 15 is 0 Å². The highest BCUT2D eigenvalue weighted by molar-refractivity contribution is 6.42. The zero-order valence-corrected chi connectivity index (χ0v) is 15.5. The minimum Gasteiger partial charge on any atom is -0.370 e. The van der Waals surface area contributed by atoms with Crippen molar-refractivity contribution in [1.82, 2.24) is 14.7 Å². The van der Waals surface area contributed by atoms with E-state index in [0.29, 0.717) is 34.8 Å². The van der Waals surface area contributed by atoms with Crippen LogP contribution in [0.25, 0.3) is 0 Å². The van der Waals surface area contributed by atoms with E-state index < -0.39 is 0 Å². The number of nitrogens with zero attached hydrogens (tertiary/aromatic N) is 3. The molecule has 1 fully saturated rings. The van der Waals surface area contributed by atoms with Gasteiger partial charge in [-0.25, -0.2) is 0 Å². The number of morpholine rings is 1. The standard InChI is InChI=1S/C16H16Cl3N3O2/c1-9-14(19)15(20-21(9)2)16(23)22-5-6-24-13(8-22)10-3-4-11(17)12(18)7-10/h3-4,7,13H,5-6,8H2,1-2H3/t13-/m0/s1. The lowest BCUT2D eigenvalue weighted by molar-refractivity contribution is -0.0230. The molecule has 0 unspecified atom stereocenters. The molecule has 128 valence electrons. The predicted molar refractivity (Wildman–Crippen MR) is 94.0 cm³/mol. The molecule has 0 radical (unpaired) electrons. The fraction of sp³-hybridized carbons (Fsp3) is 0.375. The van der Waals surface area contributed by atoms with Gasteiger partial charge in [-0.2, -0.15) is 5.10 Å². The number of aromatic nitrogens is 2. The van der Waals surface area contributed by atoms with Crippen LogP contribution >= 0.6 is 34.8 Å². The van der Waals surface area contributed by atoms with Gasteiger partial charge in [-0.05, 0) is 24.6 Å². The first-order valence-corrected chi connectivity index (χ1v) is 8.56. The van der Waals surface area contributed by atoms with Crippen molar-refractivity contribution < 1.29 is 9.53 Å². The smallest absolute Gasteiger partial charge is 0.276 e. The van der Waals surface area contributed by atoms with Crippen LogP contribution in [0.2, 0.25) is 15.1 Å².